The number of hydrogen-bond acceptors (Lipinski definition) is 5. The molecule has 0 radical (unpaired) electrons. The van der Waals surface area contributed by atoms with Crippen molar-refractivity contribution in [3.63, 3.8) is 0 Å². The number of hydrogen-bond donors (Lipinski definition) is 1. The Labute approximate surface area is 124 Å². The summed E-state index contributed by atoms with van der Waals surface area (Å²) in [7, 11) is 1.36. The number of unbranched alkanes of at least 4 members (excludes halogenated alkanes) is 1. The second kappa shape index (κ2) is 8.16. The number of nitrogens with one attached hydrogen (secondary N) is 1. The summed E-state index contributed by atoms with van der Waals surface area (Å²) in [6, 6.07) is 3.57. The van der Waals surface area contributed by atoms with Crippen molar-refractivity contribution in [2.75, 3.05) is 13.7 Å². The molecule has 0 aliphatic heterocycles. The Morgan fingerprint density at radius 3 is 2.95 bits per heavy atom. The average Bonchev–Trinajstić information content (AvgIpc) is 3.04. The summed E-state index contributed by atoms with van der Waals surface area (Å²) in [6.45, 7) is 2.63. The van der Waals surface area contributed by atoms with Crippen molar-refractivity contribution in [3.8, 4) is 0 Å². The molecular formula is C15H20N4O2. The van der Waals surface area contributed by atoms with E-state index in [0.29, 0.717) is 12.1 Å². The first-order valence-electron chi connectivity index (χ1n) is 6.99. The van der Waals surface area contributed by atoms with E-state index in [2.05, 4.69) is 24.6 Å². The molecule has 2 heterocycles. The number of aromatic nitrogens is 3. The van der Waals surface area contributed by atoms with Crippen LogP contribution in [0, 0.1) is 0 Å². The Balaban J connectivity index is 1.61. The van der Waals surface area contributed by atoms with Gasteiger partial charge in [0.15, 0.2) is 0 Å². The molecule has 1 N–H and O–H groups in total. The number of ether oxygens (including phenoxy) is 1. The topological polar surface area (TPSA) is 69.0 Å². The Hall–Kier alpha value is -2.21. The maximum absolute atomic E-state index is 11.3. The largest absolute Gasteiger partial charge is 0.465 e. The van der Waals surface area contributed by atoms with Crippen LogP contribution in [-0.4, -0.2) is 34.2 Å². The van der Waals surface area contributed by atoms with Crippen LogP contribution >= 0.6 is 0 Å². The zero-order valence-electron chi connectivity index (χ0n) is 12.2. The summed E-state index contributed by atoms with van der Waals surface area (Å²) in [5.74, 6) is -0.360. The molecule has 0 aliphatic rings. The number of aryl methyl sites for hydroxylation is 1. The van der Waals surface area contributed by atoms with Crippen LogP contribution in [0.15, 0.2) is 37.1 Å². The second-order valence-corrected chi connectivity index (χ2v) is 4.71. The Morgan fingerprint density at radius 2 is 2.29 bits per heavy atom. The number of esters is 1. The maximum atomic E-state index is 11.3. The lowest BCUT2D eigenvalue weighted by atomic mass is 10.2. The fraction of sp³-hybridized carbons (Fsp3) is 0.400. The fourth-order valence-electron chi connectivity index (χ4n) is 1.95. The van der Waals surface area contributed by atoms with Gasteiger partial charge in [-0.3, -0.25) is 4.98 Å². The van der Waals surface area contributed by atoms with Crippen molar-refractivity contribution in [1.82, 2.24) is 19.9 Å². The number of nitrogens with zero attached hydrogens (tertiary/aromatic N) is 3. The molecule has 2 rings (SSSR count). The predicted octanol–water partition coefficient (Wildman–Crippen LogP) is 1.63. The standard InChI is InChI=1S/C15H20N4O2/c1-21-15(20)13-4-5-14(18-10-13)11-16-6-2-3-8-19-9-7-17-12-19/h4-5,7,9-10,12,16H,2-3,6,8,11H2,1H3. The molecule has 0 saturated heterocycles. The molecule has 0 atom stereocenters. The lowest BCUT2D eigenvalue weighted by Crippen LogP contribution is -2.16. The highest BCUT2D eigenvalue weighted by atomic mass is 16.5. The van der Waals surface area contributed by atoms with E-state index in [1.807, 2.05) is 18.6 Å². The van der Waals surface area contributed by atoms with Gasteiger partial charge in [0.05, 0.1) is 24.7 Å². The van der Waals surface area contributed by atoms with Gasteiger partial charge in [0.1, 0.15) is 0 Å². The van der Waals surface area contributed by atoms with Crippen molar-refractivity contribution >= 4 is 5.97 Å². The van der Waals surface area contributed by atoms with Crippen LogP contribution in [-0.2, 0) is 17.8 Å². The molecule has 0 unspecified atom stereocenters. The van der Waals surface area contributed by atoms with E-state index in [0.717, 1.165) is 31.6 Å². The lowest BCUT2D eigenvalue weighted by molar-refractivity contribution is 0.0600. The molecular weight excluding hydrogens is 268 g/mol. The molecule has 112 valence electrons. The Kier molecular flexibility index (Phi) is 5.90. The van der Waals surface area contributed by atoms with Crippen LogP contribution in [0.1, 0.15) is 28.9 Å². The van der Waals surface area contributed by atoms with Crippen LogP contribution in [0.3, 0.4) is 0 Å². The second-order valence-electron chi connectivity index (χ2n) is 4.71. The van der Waals surface area contributed by atoms with Gasteiger partial charge >= 0.3 is 5.97 Å². The van der Waals surface area contributed by atoms with Crippen molar-refractivity contribution in [1.29, 1.82) is 0 Å². The van der Waals surface area contributed by atoms with Gasteiger partial charge in [0.2, 0.25) is 0 Å². The Bertz CT molecular complexity index is 537. The van der Waals surface area contributed by atoms with Crippen molar-refractivity contribution in [3.05, 3.63) is 48.3 Å². The van der Waals surface area contributed by atoms with Gasteiger partial charge in [-0.1, -0.05) is 0 Å². The number of imidazole rings is 1. The molecule has 0 saturated carbocycles. The highest BCUT2D eigenvalue weighted by Crippen LogP contribution is 2.02. The van der Waals surface area contributed by atoms with E-state index in [4.69, 9.17) is 0 Å². The van der Waals surface area contributed by atoms with Gasteiger partial charge in [0.25, 0.3) is 0 Å². The molecule has 6 nitrogen and oxygen atoms in total. The zero-order chi connectivity index (χ0) is 14.9. The highest BCUT2D eigenvalue weighted by Gasteiger charge is 2.04. The van der Waals surface area contributed by atoms with Crippen LogP contribution in [0.5, 0.6) is 0 Å². The van der Waals surface area contributed by atoms with Gasteiger partial charge < -0.3 is 14.6 Å². The molecule has 0 bridgehead atoms. The van der Waals surface area contributed by atoms with Crippen molar-refractivity contribution in [2.45, 2.75) is 25.9 Å². The first kappa shape index (κ1) is 15.2. The van der Waals surface area contributed by atoms with Gasteiger partial charge in [-0.2, -0.15) is 0 Å². The summed E-state index contributed by atoms with van der Waals surface area (Å²) in [5.41, 5.74) is 1.39. The average molecular weight is 288 g/mol. The third-order valence-electron chi connectivity index (χ3n) is 3.13. The van der Waals surface area contributed by atoms with Gasteiger partial charge in [0, 0.05) is 31.7 Å². The first-order chi connectivity index (χ1) is 10.3. The fourth-order valence-corrected chi connectivity index (χ4v) is 1.95. The smallest absolute Gasteiger partial charge is 0.339 e. The summed E-state index contributed by atoms with van der Waals surface area (Å²) < 4.78 is 6.71. The Morgan fingerprint density at radius 1 is 1.38 bits per heavy atom. The van der Waals surface area contributed by atoms with E-state index < -0.39 is 0 Å². The molecule has 0 fully saturated rings. The van der Waals surface area contributed by atoms with Gasteiger partial charge in [-0.05, 0) is 31.5 Å². The summed E-state index contributed by atoms with van der Waals surface area (Å²) >= 11 is 0. The van der Waals surface area contributed by atoms with E-state index in [1.54, 1.807) is 18.5 Å². The number of carbonyl (C=O) groups is 1. The summed E-state index contributed by atoms with van der Waals surface area (Å²) in [6.07, 6.45) is 9.35. The SMILES string of the molecule is COC(=O)c1ccc(CNCCCCn2ccnc2)nc1. The van der Waals surface area contributed by atoms with E-state index in [9.17, 15) is 4.79 Å². The zero-order valence-corrected chi connectivity index (χ0v) is 12.2. The van der Waals surface area contributed by atoms with Gasteiger partial charge in [-0.15, -0.1) is 0 Å². The molecule has 0 aliphatic carbocycles. The van der Waals surface area contributed by atoms with Crippen LogP contribution in [0.2, 0.25) is 0 Å². The predicted molar refractivity (Wildman–Crippen MR) is 78.7 cm³/mol. The molecule has 0 amide bonds. The minimum atomic E-state index is -0.360. The van der Waals surface area contributed by atoms with Crippen LogP contribution in [0.4, 0.5) is 0 Å². The van der Waals surface area contributed by atoms with Crippen molar-refractivity contribution < 1.29 is 9.53 Å². The lowest BCUT2D eigenvalue weighted by Gasteiger charge is -2.05. The number of carbonyl (C=O) groups excluding carboxylic acids is 1. The minimum absolute atomic E-state index is 0.360. The molecule has 0 aromatic carbocycles. The molecule has 2 aromatic heterocycles. The highest BCUT2D eigenvalue weighted by molar-refractivity contribution is 5.88. The molecule has 21 heavy (non-hydrogen) atoms. The maximum Gasteiger partial charge on any atom is 0.339 e. The van der Waals surface area contributed by atoms with E-state index in [1.165, 1.54) is 7.11 Å². The number of rotatable bonds is 8. The first-order valence-corrected chi connectivity index (χ1v) is 6.99. The van der Waals surface area contributed by atoms with Gasteiger partial charge in [-0.25, -0.2) is 9.78 Å². The minimum Gasteiger partial charge on any atom is -0.465 e. The summed E-state index contributed by atoms with van der Waals surface area (Å²) in [4.78, 5) is 19.5. The molecule has 0 spiro atoms. The monoisotopic (exact) mass is 288 g/mol. The summed E-state index contributed by atoms with van der Waals surface area (Å²) in [5, 5.41) is 3.34. The number of pyridine rings is 1. The van der Waals surface area contributed by atoms with Crippen LogP contribution in [0.25, 0.3) is 0 Å². The molecule has 6 heteroatoms. The third kappa shape index (κ3) is 5.00. The quantitative estimate of drug-likeness (QED) is 0.590. The number of methoxy groups -OCH3 is 1. The normalized spacial score (nSPS) is 10.5. The van der Waals surface area contributed by atoms with Crippen molar-refractivity contribution in [2.24, 2.45) is 0 Å². The molecule has 2 aromatic rings. The van der Waals surface area contributed by atoms with E-state index in [-0.39, 0.29) is 5.97 Å². The van der Waals surface area contributed by atoms with Crippen LogP contribution < -0.4 is 5.32 Å². The third-order valence-corrected chi connectivity index (χ3v) is 3.13. The van der Waals surface area contributed by atoms with E-state index >= 15 is 0 Å².